The van der Waals surface area contributed by atoms with Gasteiger partial charge in [-0.05, 0) is 51.4 Å². The molecule has 0 heterocycles. The molecule has 0 aromatic heterocycles. The quantitative estimate of drug-likeness (QED) is 0.0264. The van der Waals surface area contributed by atoms with Crippen molar-refractivity contribution in [2.24, 2.45) is 5.73 Å². The number of carbonyl (C=O) groups is 2. The first kappa shape index (κ1) is 85.0. The predicted octanol–water partition coefficient (Wildman–Crippen LogP) is 25.2. The van der Waals surface area contributed by atoms with E-state index >= 15 is 0 Å². The molecule has 2 atom stereocenters. The Bertz CT molecular complexity index is 1570. The molecule has 0 saturated heterocycles. The molecular weight excluding hydrogens is 1100 g/mol. The molecule has 0 spiro atoms. The van der Waals surface area contributed by atoms with Crippen molar-refractivity contribution in [3.05, 3.63) is 48.6 Å². The first-order chi connectivity index (χ1) is 42.8. The first-order valence-electron chi connectivity index (χ1n) is 38.1. The van der Waals surface area contributed by atoms with Crippen LogP contribution >= 0.6 is 7.82 Å². The van der Waals surface area contributed by atoms with Gasteiger partial charge >= 0.3 is 19.8 Å². The van der Waals surface area contributed by atoms with Gasteiger partial charge in [0.25, 0.3) is 0 Å². The third-order valence-electron chi connectivity index (χ3n) is 17.2. The Balaban J connectivity index is 3.77. The minimum absolute atomic E-state index is 0.0556. The maximum absolute atomic E-state index is 12.8. The molecule has 0 fully saturated rings. The molecular formula is C77H146NO8P. The van der Waals surface area contributed by atoms with Crippen LogP contribution in [0.3, 0.4) is 0 Å². The van der Waals surface area contributed by atoms with Gasteiger partial charge in [0.05, 0.1) is 13.2 Å². The van der Waals surface area contributed by atoms with Gasteiger partial charge in [-0.2, -0.15) is 0 Å². The Morgan fingerprint density at radius 2 is 0.632 bits per heavy atom. The zero-order valence-electron chi connectivity index (χ0n) is 57.8. The van der Waals surface area contributed by atoms with E-state index in [2.05, 4.69) is 62.5 Å². The van der Waals surface area contributed by atoms with Crippen LogP contribution in [-0.4, -0.2) is 49.3 Å². The second-order valence-electron chi connectivity index (χ2n) is 25.9. The summed E-state index contributed by atoms with van der Waals surface area (Å²) in [6.45, 7) is 3.71. The molecule has 87 heavy (non-hydrogen) atoms. The summed E-state index contributed by atoms with van der Waals surface area (Å²) in [5, 5.41) is 0. The van der Waals surface area contributed by atoms with E-state index < -0.39 is 26.5 Å². The molecule has 10 heteroatoms. The molecule has 512 valence electrons. The summed E-state index contributed by atoms with van der Waals surface area (Å²) in [7, 11) is -4.39. The molecule has 0 aromatic carbocycles. The Hall–Kier alpha value is -2.03. The second-order valence-corrected chi connectivity index (χ2v) is 27.3. The SMILES string of the molecule is CC/C=C\C/C=C\C/C=C\C/C=C\CCCCCCCCCCCCCCCCCCCCC(=O)OC(COC(=O)CCCCCCCCCCCCCCCCCCCCCCCCCCCCCCCCCCCCC)COP(=O)(O)OCCN. The minimum Gasteiger partial charge on any atom is -0.462 e. The van der Waals surface area contributed by atoms with Crippen molar-refractivity contribution >= 4 is 19.8 Å². The van der Waals surface area contributed by atoms with Crippen LogP contribution in [0, 0.1) is 0 Å². The summed E-state index contributed by atoms with van der Waals surface area (Å²) in [5.74, 6) is -0.804. The summed E-state index contributed by atoms with van der Waals surface area (Å²) in [5.41, 5.74) is 5.41. The van der Waals surface area contributed by atoms with Crippen molar-refractivity contribution in [3.63, 3.8) is 0 Å². The van der Waals surface area contributed by atoms with Crippen molar-refractivity contribution in [1.82, 2.24) is 0 Å². The van der Waals surface area contributed by atoms with Crippen molar-refractivity contribution in [3.8, 4) is 0 Å². The lowest BCUT2D eigenvalue weighted by atomic mass is 10.0. The smallest absolute Gasteiger partial charge is 0.462 e. The largest absolute Gasteiger partial charge is 0.472 e. The topological polar surface area (TPSA) is 134 Å². The van der Waals surface area contributed by atoms with Crippen LogP contribution in [0.5, 0.6) is 0 Å². The Morgan fingerprint density at radius 3 is 0.943 bits per heavy atom. The van der Waals surface area contributed by atoms with E-state index in [1.807, 2.05) is 0 Å². The summed E-state index contributed by atoms with van der Waals surface area (Å²) in [6, 6.07) is 0. The normalized spacial score (nSPS) is 13.1. The molecule has 0 aliphatic carbocycles. The van der Waals surface area contributed by atoms with Crippen molar-refractivity contribution < 1.29 is 37.6 Å². The number of nitrogens with two attached hydrogens (primary N) is 1. The molecule has 0 amide bonds. The number of rotatable bonds is 73. The number of phosphoric acid groups is 1. The van der Waals surface area contributed by atoms with E-state index in [4.69, 9.17) is 24.3 Å². The minimum atomic E-state index is -4.39. The van der Waals surface area contributed by atoms with E-state index in [1.165, 1.54) is 308 Å². The predicted molar refractivity (Wildman–Crippen MR) is 377 cm³/mol. The van der Waals surface area contributed by atoms with Crippen molar-refractivity contribution in [2.75, 3.05) is 26.4 Å². The first-order valence-corrected chi connectivity index (χ1v) is 39.6. The highest BCUT2D eigenvalue weighted by Crippen LogP contribution is 2.43. The van der Waals surface area contributed by atoms with Crippen molar-refractivity contribution in [1.29, 1.82) is 0 Å². The van der Waals surface area contributed by atoms with E-state index in [-0.39, 0.29) is 38.6 Å². The fourth-order valence-corrected chi connectivity index (χ4v) is 12.4. The van der Waals surface area contributed by atoms with Gasteiger partial charge in [-0.25, -0.2) is 4.57 Å². The summed E-state index contributed by atoms with van der Waals surface area (Å²) in [6.07, 6.45) is 93.9. The molecule has 2 unspecified atom stereocenters. The maximum atomic E-state index is 12.8. The number of ether oxygens (including phenoxy) is 2. The van der Waals surface area contributed by atoms with Crippen LogP contribution in [0.4, 0.5) is 0 Å². The van der Waals surface area contributed by atoms with Gasteiger partial charge < -0.3 is 20.1 Å². The number of allylic oxidation sites excluding steroid dienone is 8. The van der Waals surface area contributed by atoms with Gasteiger partial charge in [0, 0.05) is 19.4 Å². The van der Waals surface area contributed by atoms with Crippen LogP contribution in [0.1, 0.15) is 399 Å². The maximum Gasteiger partial charge on any atom is 0.472 e. The van der Waals surface area contributed by atoms with Gasteiger partial charge in [0.1, 0.15) is 6.61 Å². The van der Waals surface area contributed by atoms with Crippen molar-refractivity contribution in [2.45, 2.75) is 405 Å². The molecule has 9 nitrogen and oxygen atoms in total. The van der Waals surface area contributed by atoms with Crippen LogP contribution in [-0.2, 0) is 32.7 Å². The zero-order valence-corrected chi connectivity index (χ0v) is 58.7. The van der Waals surface area contributed by atoms with Gasteiger partial charge in [-0.1, -0.05) is 383 Å². The standard InChI is InChI=1S/C77H146NO8P/c1-3-5-7-9-11-13-15-17-19-21-23-25-27-29-31-33-35-36-37-38-40-41-43-45-47-49-51-53-55-57-59-61-63-65-67-69-76(79)83-73-75(74-85-87(81,82)84-72-71-78)86-77(80)70-68-66-64-62-60-58-56-54-52-50-48-46-44-42-39-34-32-30-28-26-24-22-20-18-16-14-12-10-8-6-4-2/h6,8,12,14,18,20,24,26,75H,3-5,7,9-11,13,15-17,19,21-23,25,27-74,78H2,1-2H3,(H,81,82)/b8-6-,14-12-,20-18-,26-24-. The Kier molecular flexibility index (Phi) is 71.3. The number of unbranched alkanes of at least 4 members (excludes halogenated alkanes) is 52. The number of phosphoric ester groups is 1. The monoisotopic (exact) mass is 1240 g/mol. The average Bonchev–Trinajstić information content (AvgIpc) is 3.66. The van der Waals surface area contributed by atoms with Crippen LogP contribution in [0.15, 0.2) is 48.6 Å². The van der Waals surface area contributed by atoms with Gasteiger partial charge in [-0.15, -0.1) is 0 Å². The Morgan fingerprint density at radius 1 is 0.356 bits per heavy atom. The molecule has 0 aliphatic heterocycles. The lowest BCUT2D eigenvalue weighted by Gasteiger charge is -2.19. The summed E-state index contributed by atoms with van der Waals surface area (Å²) < 4.78 is 33.3. The number of esters is 2. The third-order valence-corrected chi connectivity index (χ3v) is 18.2. The molecule has 0 radical (unpaired) electrons. The molecule has 0 aliphatic rings. The Labute approximate surface area is 540 Å². The number of carbonyl (C=O) groups excluding carboxylic acids is 2. The highest BCUT2D eigenvalue weighted by Gasteiger charge is 2.26. The zero-order chi connectivity index (χ0) is 63.0. The lowest BCUT2D eigenvalue weighted by Crippen LogP contribution is -2.29. The van der Waals surface area contributed by atoms with Crippen LogP contribution in [0.2, 0.25) is 0 Å². The van der Waals surface area contributed by atoms with E-state index in [0.717, 1.165) is 57.8 Å². The molecule has 0 aromatic rings. The fraction of sp³-hybridized carbons (Fsp3) is 0.870. The molecule has 0 rings (SSSR count). The van der Waals surface area contributed by atoms with Gasteiger partial charge in [-0.3, -0.25) is 18.6 Å². The average molecular weight is 1240 g/mol. The number of hydrogen-bond acceptors (Lipinski definition) is 8. The van der Waals surface area contributed by atoms with E-state index in [1.54, 1.807) is 0 Å². The molecule has 3 N–H and O–H groups in total. The van der Waals surface area contributed by atoms with E-state index in [9.17, 15) is 19.0 Å². The molecule has 0 saturated carbocycles. The van der Waals surface area contributed by atoms with Gasteiger partial charge in [0.2, 0.25) is 0 Å². The fourth-order valence-electron chi connectivity index (χ4n) is 11.6. The summed E-state index contributed by atoms with van der Waals surface area (Å²) >= 11 is 0. The van der Waals surface area contributed by atoms with Gasteiger partial charge in [0.15, 0.2) is 6.10 Å². The highest BCUT2D eigenvalue weighted by atomic mass is 31.2. The summed E-state index contributed by atoms with van der Waals surface area (Å²) in [4.78, 5) is 35.4. The molecule has 0 bridgehead atoms. The van der Waals surface area contributed by atoms with Crippen LogP contribution < -0.4 is 5.73 Å². The van der Waals surface area contributed by atoms with E-state index in [0.29, 0.717) is 6.42 Å². The highest BCUT2D eigenvalue weighted by molar-refractivity contribution is 7.47. The second kappa shape index (κ2) is 73.0. The third kappa shape index (κ3) is 72.9. The van der Waals surface area contributed by atoms with Crippen LogP contribution in [0.25, 0.3) is 0 Å². The number of hydrogen-bond donors (Lipinski definition) is 2. The lowest BCUT2D eigenvalue weighted by molar-refractivity contribution is -0.161.